The Kier molecular flexibility index (Phi) is 4.25. The van der Waals surface area contributed by atoms with E-state index in [1.165, 1.54) is 43.1 Å². The highest BCUT2D eigenvalue weighted by molar-refractivity contribution is 7.89. The van der Waals surface area contributed by atoms with Crippen LogP contribution in [0.3, 0.4) is 0 Å². The summed E-state index contributed by atoms with van der Waals surface area (Å²) in [4.78, 5) is 25.3. The van der Waals surface area contributed by atoms with Crippen LogP contribution < -0.4 is 4.72 Å². The average molecular weight is 326 g/mol. The molecule has 1 aliphatic rings. The summed E-state index contributed by atoms with van der Waals surface area (Å²) in [7, 11) is -2.26. The Hall–Kier alpha value is -1.93. The fourth-order valence-corrected chi connectivity index (χ4v) is 3.29. The molecular weight excluding hydrogens is 308 g/mol. The number of sulfonamides is 1. The molecule has 7 nitrogen and oxygen atoms in total. The van der Waals surface area contributed by atoms with Crippen LogP contribution >= 0.6 is 0 Å². The molecule has 1 aromatic carbocycles. The van der Waals surface area contributed by atoms with E-state index >= 15 is 0 Å². The van der Waals surface area contributed by atoms with Crippen LogP contribution in [0.15, 0.2) is 29.2 Å². The Morgan fingerprint density at radius 2 is 1.86 bits per heavy atom. The highest BCUT2D eigenvalue weighted by Crippen LogP contribution is 2.30. The van der Waals surface area contributed by atoms with Crippen molar-refractivity contribution in [2.24, 2.45) is 0 Å². The first kappa shape index (κ1) is 16.4. The molecule has 1 amide bonds. The molecule has 0 radical (unpaired) electrons. The van der Waals surface area contributed by atoms with Crippen molar-refractivity contribution in [2.75, 3.05) is 13.6 Å². The topological polar surface area (TPSA) is 104 Å². The smallest absolute Gasteiger partial charge is 0.329 e. The van der Waals surface area contributed by atoms with Gasteiger partial charge in [0, 0.05) is 12.1 Å². The summed E-state index contributed by atoms with van der Waals surface area (Å²) in [5.41, 5.74) is -0.947. The zero-order valence-corrected chi connectivity index (χ0v) is 13.2. The van der Waals surface area contributed by atoms with Gasteiger partial charge < -0.3 is 10.0 Å². The number of hydrogen-bond acceptors (Lipinski definition) is 4. The predicted molar refractivity (Wildman–Crippen MR) is 79.0 cm³/mol. The van der Waals surface area contributed by atoms with Gasteiger partial charge in [-0.15, -0.1) is 0 Å². The van der Waals surface area contributed by atoms with Crippen LogP contribution in [0.5, 0.6) is 0 Å². The summed E-state index contributed by atoms with van der Waals surface area (Å²) in [6.45, 7) is 1.90. The second kappa shape index (κ2) is 5.69. The van der Waals surface area contributed by atoms with Crippen LogP contribution in [0.25, 0.3) is 0 Å². The lowest BCUT2D eigenvalue weighted by molar-refractivity contribution is -0.147. The van der Waals surface area contributed by atoms with E-state index < -0.39 is 27.4 Å². The summed E-state index contributed by atoms with van der Waals surface area (Å²) in [5.74, 6) is -1.44. The van der Waals surface area contributed by atoms with Crippen molar-refractivity contribution in [1.29, 1.82) is 0 Å². The summed E-state index contributed by atoms with van der Waals surface area (Å²) in [6, 6.07) is 5.45. The van der Waals surface area contributed by atoms with E-state index in [-0.39, 0.29) is 10.5 Å². The number of nitrogens with one attached hydrogen (secondary N) is 1. The number of rotatable bonds is 4. The van der Waals surface area contributed by atoms with Crippen LogP contribution in [-0.4, -0.2) is 49.4 Å². The SMILES string of the molecule is CNS(=O)(=O)c1ccc(C(=O)N2CCCC2(C)C(=O)O)cc1. The van der Waals surface area contributed by atoms with Crippen molar-refractivity contribution in [2.45, 2.75) is 30.2 Å². The summed E-state index contributed by atoms with van der Waals surface area (Å²) >= 11 is 0. The molecule has 1 heterocycles. The van der Waals surface area contributed by atoms with Gasteiger partial charge >= 0.3 is 5.97 Å². The number of carboxylic acids is 1. The minimum absolute atomic E-state index is 0.0500. The fraction of sp³-hybridized carbons (Fsp3) is 0.429. The zero-order valence-electron chi connectivity index (χ0n) is 12.4. The van der Waals surface area contributed by atoms with Crippen molar-refractivity contribution in [1.82, 2.24) is 9.62 Å². The third kappa shape index (κ3) is 2.71. The van der Waals surface area contributed by atoms with E-state index in [0.29, 0.717) is 19.4 Å². The second-order valence-corrected chi connectivity index (χ2v) is 7.26. The molecule has 1 saturated heterocycles. The normalized spacial score (nSPS) is 21.8. The van der Waals surface area contributed by atoms with E-state index in [0.717, 1.165) is 0 Å². The molecule has 120 valence electrons. The maximum Gasteiger partial charge on any atom is 0.329 e. The number of carbonyl (C=O) groups excluding carboxylic acids is 1. The maximum absolute atomic E-state index is 12.5. The molecule has 0 aromatic heterocycles. The molecule has 0 bridgehead atoms. The Morgan fingerprint density at radius 3 is 2.36 bits per heavy atom. The maximum atomic E-state index is 12.5. The van der Waals surface area contributed by atoms with Gasteiger partial charge in [-0.05, 0) is 51.1 Å². The largest absolute Gasteiger partial charge is 0.480 e. The fourth-order valence-electron chi connectivity index (χ4n) is 2.56. The van der Waals surface area contributed by atoms with E-state index in [4.69, 9.17) is 0 Å². The molecule has 1 unspecified atom stereocenters. The molecule has 0 aliphatic carbocycles. The van der Waals surface area contributed by atoms with E-state index in [1.807, 2.05) is 0 Å². The van der Waals surface area contributed by atoms with Gasteiger partial charge in [-0.3, -0.25) is 4.79 Å². The Balaban J connectivity index is 2.29. The molecule has 0 spiro atoms. The van der Waals surface area contributed by atoms with Gasteiger partial charge in [0.1, 0.15) is 5.54 Å². The van der Waals surface area contributed by atoms with Gasteiger partial charge in [-0.1, -0.05) is 0 Å². The first-order valence-corrected chi connectivity index (χ1v) is 8.29. The minimum atomic E-state index is -3.56. The Morgan fingerprint density at radius 1 is 1.27 bits per heavy atom. The van der Waals surface area contributed by atoms with Crippen molar-refractivity contribution >= 4 is 21.9 Å². The van der Waals surface area contributed by atoms with Crippen molar-refractivity contribution in [3.05, 3.63) is 29.8 Å². The minimum Gasteiger partial charge on any atom is -0.480 e. The number of carboxylic acid groups (broad SMARTS) is 1. The number of carbonyl (C=O) groups is 2. The molecular formula is C14H18N2O5S. The highest BCUT2D eigenvalue weighted by atomic mass is 32.2. The quantitative estimate of drug-likeness (QED) is 0.846. The Bertz CT molecular complexity index is 698. The Labute approximate surface area is 129 Å². The van der Waals surface area contributed by atoms with Crippen LogP contribution in [0, 0.1) is 0 Å². The van der Waals surface area contributed by atoms with Crippen LogP contribution in [0.1, 0.15) is 30.1 Å². The molecule has 2 N–H and O–H groups in total. The molecule has 22 heavy (non-hydrogen) atoms. The van der Waals surface area contributed by atoms with Gasteiger partial charge in [-0.25, -0.2) is 17.9 Å². The van der Waals surface area contributed by atoms with Crippen LogP contribution in [0.4, 0.5) is 0 Å². The first-order chi connectivity index (χ1) is 10.2. The summed E-state index contributed by atoms with van der Waals surface area (Å²) in [6.07, 6.45) is 1.03. The number of benzene rings is 1. The molecule has 1 aromatic rings. The molecule has 1 atom stereocenters. The summed E-state index contributed by atoms with van der Waals surface area (Å²) in [5, 5.41) is 9.34. The number of hydrogen-bond donors (Lipinski definition) is 2. The van der Waals surface area contributed by atoms with Crippen LogP contribution in [0.2, 0.25) is 0 Å². The molecule has 1 fully saturated rings. The lowest BCUT2D eigenvalue weighted by Crippen LogP contribution is -2.50. The van der Waals surface area contributed by atoms with Crippen molar-refractivity contribution in [3.63, 3.8) is 0 Å². The summed E-state index contributed by atoms with van der Waals surface area (Å²) < 4.78 is 25.5. The van der Waals surface area contributed by atoms with Crippen molar-refractivity contribution in [3.8, 4) is 0 Å². The second-order valence-electron chi connectivity index (χ2n) is 5.37. The average Bonchev–Trinajstić information content (AvgIpc) is 2.90. The molecule has 1 aliphatic heterocycles. The lowest BCUT2D eigenvalue weighted by atomic mass is 9.98. The van der Waals surface area contributed by atoms with Gasteiger partial charge in [0.15, 0.2) is 0 Å². The zero-order chi connectivity index (χ0) is 16.5. The van der Waals surface area contributed by atoms with Gasteiger partial charge in [0.25, 0.3) is 5.91 Å². The number of likely N-dealkylation sites (tertiary alicyclic amines) is 1. The third-order valence-electron chi connectivity index (χ3n) is 4.03. The molecule has 0 saturated carbocycles. The molecule has 8 heteroatoms. The number of nitrogens with zero attached hydrogens (tertiary/aromatic N) is 1. The van der Waals surface area contributed by atoms with Crippen LogP contribution in [-0.2, 0) is 14.8 Å². The van der Waals surface area contributed by atoms with E-state index in [9.17, 15) is 23.1 Å². The third-order valence-corrected chi connectivity index (χ3v) is 5.46. The molecule has 2 rings (SSSR count). The van der Waals surface area contributed by atoms with Gasteiger partial charge in [0.05, 0.1) is 4.90 Å². The lowest BCUT2D eigenvalue weighted by Gasteiger charge is -2.31. The number of amides is 1. The monoisotopic (exact) mass is 326 g/mol. The standard InChI is InChI=1S/C14H18N2O5S/c1-14(13(18)19)8-3-9-16(14)12(17)10-4-6-11(7-5-10)22(20,21)15-2/h4-7,15H,3,8-9H2,1-2H3,(H,18,19). The van der Waals surface area contributed by atoms with Gasteiger partial charge in [-0.2, -0.15) is 0 Å². The first-order valence-electron chi connectivity index (χ1n) is 6.81. The van der Waals surface area contributed by atoms with E-state index in [2.05, 4.69) is 4.72 Å². The predicted octanol–water partition coefficient (Wildman–Crippen LogP) is 0.674. The van der Waals surface area contributed by atoms with E-state index in [1.54, 1.807) is 0 Å². The van der Waals surface area contributed by atoms with Gasteiger partial charge in [0.2, 0.25) is 10.0 Å². The number of aliphatic carboxylic acids is 1. The highest BCUT2D eigenvalue weighted by Gasteiger charge is 2.46. The van der Waals surface area contributed by atoms with Crippen molar-refractivity contribution < 1.29 is 23.1 Å².